The maximum atomic E-state index is 4.35. The van der Waals surface area contributed by atoms with Crippen LogP contribution < -0.4 is 0 Å². The van der Waals surface area contributed by atoms with Crippen LogP contribution in [-0.4, -0.2) is 15.2 Å². The molecule has 0 amide bonds. The lowest BCUT2D eigenvalue weighted by Gasteiger charge is -2.01. The molecule has 0 aliphatic rings. The Kier molecular flexibility index (Phi) is 1.96. The second-order valence-corrected chi connectivity index (χ2v) is 3.89. The van der Waals surface area contributed by atoms with Crippen molar-refractivity contribution in [2.45, 2.75) is 6.92 Å². The molecule has 0 aliphatic carbocycles. The van der Waals surface area contributed by atoms with Crippen molar-refractivity contribution in [2.75, 3.05) is 0 Å². The molecule has 1 N–H and O–H groups in total. The normalized spacial score (nSPS) is 10.8. The molecular weight excluding hydrogens is 198 g/mol. The molecule has 0 saturated heterocycles. The van der Waals surface area contributed by atoms with Gasteiger partial charge < -0.3 is 0 Å². The number of aryl methyl sites for hydroxylation is 1. The Bertz CT molecular complexity index is 623. The minimum atomic E-state index is 0.899. The average molecular weight is 209 g/mol. The molecule has 0 aliphatic heterocycles. The van der Waals surface area contributed by atoms with Gasteiger partial charge in [-0.3, -0.25) is 10.1 Å². The highest BCUT2D eigenvalue weighted by atomic mass is 15.1. The Morgan fingerprint density at radius 1 is 1.00 bits per heavy atom. The number of fused-ring (bicyclic) bond motifs is 1. The maximum absolute atomic E-state index is 4.35. The van der Waals surface area contributed by atoms with E-state index in [9.17, 15) is 0 Å². The van der Waals surface area contributed by atoms with Gasteiger partial charge in [-0.25, -0.2) is 0 Å². The van der Waals surface area contributed by atoms with E-state index in [1.807, 2.05) is 6.20 Å². The number of rotatable bonds is 1. The molecule has 2 aromatic heterocycles. The highest BCUT2D eigenvalue weighted by Gasteiger charge is 2.01. The van der Waals surface area contributed by atoms with Gasteiger partial charge in [0.05, 0.1) is 11.7 Å². The quantitative estimate of drug-likeness (QED) is 0.669. The van der Waals surface area contributed by atoms with E-state index in [0.717, 1.165) is 16.6 Å². The predicted octanol–water partition coefficient (Wildman–Crippen LogP) is 2.93. The maximum Gasteiger partial charge on any atom is 0.108 e. The van der Waals surface area contributed by atoms with E-state index < -0.39 is 0 Å². The molecule has 0 spiro atoms. The van der Waals surface area contributed by atoms with Gasteiger partial charge in [0, 0.05) is 11.8 Å². The van der Waals surface area contributed by atoms with Crippen LogP contribution in [0.2, 0.25) is 0 Å². The zero-order valence-corrected chi connectivity index (χ0v) is 8.94. The van der Waals surface area contributed by atoms with Crippen molar-refractivity contribution >= 4 is 11.0 Å². The summed E-state index contributed by atoms with van der Waals surface area (Å²) in [5, 5.41) is 6.89. The van der Waals surface area contributed by atoms with Gasteiger partial charge in [-0.05, 0) is 18.6 Å². The van der Waals surface area contributed by atoms with Crippen LogP contribution in [0.25, 0.3) is 22.2 Å². The molecule has 0 bridgehead atoms. The first-order chi connectivity index (χ1) is 7.83. The van der Waals surface area contributed by atoms with Crippen molar-refractivity contribution in [3.8, 4) is 11.1 Å². The molecular formula is C13H11N3. The molecule has 0 saturated carbocycles. The number of aromatic amines is 1. The largest absolute Gasteiger partial charge is 0.276 e. The third-order valence-corrected chi connectivity index (χ3v) is 2.68. The van der Waals surface area contributed by atoms with Crippen molar-refractivity contribution in [3.63, 3.8) is 0 Å². The summed E-state index contributed by atoms with van der Waals surface area (Å²) >= 11 is 0. The van der Waals surface area contributed by atoms with Crippen LogP contribution in [0.4, 0.5) is 0 Å². The van der Waals surface area contributed by atoms with E-state index in [4.69, 9.17) is 0 Å². The molecule has 0 unspecified atom stereocenters. The fourth-order valence-corrected chi connectivity index (χ4v) is 1.73. The standard InChI is InChI=1S/C13H11N3/c1-9-2-4-10(5-3-9)11-6-12-13(14-7-11)8-15-16-12/h2-8H,1H3,(H,15,16). The van der Waals surface area contributed by atoms with Gasteiger partial charge in [0.1, 0.15) is 5.52 Å². The average Bonchev–Trinajstić information content (AvgIpc) is 2.77. The van der Waals surface area contributed by atoms with Crippen LogP contribution in [0.1, 0.15) is 5.56 Å². The summed E-state index contributed by atoms with van der Waals surface area (Å²) in [5.41, 5.74) is 5.42. The Balaban J connectivity index is 2.14. The molecule has 3 nitrogen and oxygen atoms in total. The summed E-state index contributed by atoms with van der Waals surface area (Å²) in [5.74, 6) is 0. The highest BCUT2D eigenvalue weighted by Crippen LogP contribution is 2.21. The lowest BCUT2D eigenvalue weighted by atomic mass is 10.1. The number of benzene rings is 1. The van der Waals surface area contributed by atoms with Gasteiger partial charge in [0.2, 0.25) is 0 Å². The summed E-state index contributed by atoms with van der Waals surface area (Å²) in [6, 6.07) is 10.5. The van der Waals surface area contributed by atoms with Crippen LogP contribution in [0, 0.1) is 6.92 Å². The zero-order valence-electron chi connectivity index (χ0n) is 8.94. The molecule has 78 valence electrons. The molecule has 3 rings (SSSR count). The third-order valence-electron chi connectivity index (χ3n) is 2.68. The second kappa shape index (κ2) is 3.45. The number of nitrogens with zero attached hydrogens (tertiary/aromatic N) is 2. The lowest BCUT2D eigenvalue weighted by molar-refractivity contribution is 1.12. The fraction of sp³-hybridized carbons (Fsp3) is 0.0769. The van der Waals surface area contributed by atoms with Gasteiger partial charge in [0.25, 0.3) is 0 Å². The Labute approximate surface area is 93.2 Å². The topological polar surface area (TPSA) is 41.6 Å². The van der Waals surface area contributed by atoms with Gasteiger partial charge in [-0.2, -0.15) is 5.10 Å². The number of H-pyrrole nitrogens is 1. The van der Waals surface area contributed by atoms with Gasteiger partial charge in [0.15, 0.2) is 0 Å². The third kappa shape index (κ3) is 1.46. The Morgan fingerprint density at radius 3 is 2.62 bits per heavy atom. The molecule has 2 heterocycles. The summed E-state index contributed by atoms with van der Waals surface area (Å²) < 4.78 is 0. The predicted molar refractivity (Wildman–Crippen MR) is 64.1 cm³/mol. The lowest BCUT2D eigenvalue weighted by Crippen LogP contribution is -1.81. The second-order valence-electron chi connectivity index (χ2n) is 3.89. The molecule has 3 aromatic rings. The first-order valence-electron chi connectivity index (χ1n) is 5.19. The summed E-state index contributed by atoms with van der Waals surface area (Å²) in [4.78, 5) is 4.35. The van der Waals surface area contributed by atoms with Crippen molar-refractivity contribution in [1.29, 1.82) is 0 Å². The van der Waals surface area contributed by atoms with E-state index in [0.29, 0.717) is 0 Å². The molecule has 16 heavy (non-hydrogen) atoms. The molecule has 1 aromatic carbocycles. The van der Waals surface area contributed by atoms with E-state index in [2.05, 4.69) is 52.4 Å². The van der Waals surface area contributed by atoms with Crippen LogP contribution in [0.15, 0.2) is 42.7 Å². The van der Waals surface area contributed by atoms with Crippen molar-refractivity contribution < 1.29 is 0 Å². The smallest absolute Gasteiger partial charge is 0.108 e. The van der Waals surface area contributed by atoms with Gasteiger partial charge >= 0.3 is 0 Å². The van der Waals surface area contributed by atoms with Crippen LogP contribution in [0.3, 0.4) is 0 Å². The van der Waals surface area contributed by atoms with Crippen molar-refractivity contribution in [2.24, 2.45) is 0 Å². The first-order valence-corrected chi connectivity index (χ1v) is 5.19. The Hall–Kier alpha value is -2.16. The molecule has 0 fully saturated rings. The minimum absolute atomic E-state index is 0.899. The van der Waals surface area contributed by atoms with E-state index >= 15 is 0 Å². The van der Waals surface area contributed by atoms with Crippen LogP contribution >= 0.6 is 0 Å². The molecule has 0 atom stereocenters. The number of pyridine rings is 1. The number of hydrogen-bond donors (Lipinski definition) is 1. The molecule has 3 heteroatoms. The SMILES string of the molecule is Cc1ccc(-c2cnc3cn[nH]c3c2)cc1. The highest BCUT2D eigenvalue weighted by molar-refractivity contribution is 5.79. The van der Waals surface area contributed by atoms with Crippen molar-refractivity contribution in [3.05, 3.63) is 48.3 Å². The summed E-state index contributed by atoms with van der Waals surface area (Å²) in [7, 11) is 0. The fourth-order valence-electron chi connectivity index (χ4n) is 1.73. The van der Waals surface area contributed by atoms with Crippen LogP contribution in [-0.2, 0) is 0 Å². The number of nitrogens with one attached hydrogen (secondary N) is 1. The molecule has 0 radical (unpaired) electrons. The first kappa shape index (κ1) is 9.09. The Morgan fingerprint density at radius 2 is 1.81 bits per heavy atom. The summed E-state index contributed by atoms with van der Waals surface area (Å²) in [6.45, 7) is 2.08. The zero-order chi connectivity index (χ0) is 11.0. The van der Waals surface area contributed by atoms with E-state index in [1.165, 1.54) is 11.1 Å². The number of aromatic nitrogens is 3. The minimum Gasteiger partial charge on any atom is -0.276 e. The van der Waals surface area contributed by atoms with Gasteiger partial charge in [-0.1, -0.05) is 29.8 Å². The van der Waals surface area contributed by atoms with Crippen LogP contribution in [0.5, 0.6) is 0 Å². The van der Waals surface area contributed by atoms with Crippen molar-refractivity contribution in [1.82, 2.24) is 15.2 Å². The number of hydrogen-bond acceptors (Lipinski definition) is 2. The summed E-state index contributed by atoms with van der Waals surface area (Å²) in [6.07, 6.45) is 3.61. The van der Waals surface area contributed by atoms with Gasteiger partial charge in [-0.15, -0.1) is 0 Å². The monoisotopic (exact) mass is 209 g/mol. The van der Waals surface area contributed by atoms with E-state index in [1.54, 1.807) is 6.20 Å². The van der Waals surface area contributed by atoms with E-state index in [-0.39, 0.29) is 0 Å².